The van der Waals surface area contributed by atoms with E-state index in [0.717, 1.165) is 0 Å². The molecule has 2 rings (SSSR count). The molecule has 0 aliphatic carbocycles. The number of imidazole rings is 1. The van der Waals surface area contributed by atoms with Crippen LogP contribution >= 0.6 is 0 Å². The van der Waals surface area contributed by atoms with Gasteiger partial charge in [-0.25, -0.2) is 14.8 Å². The smallest absolute Gasteiger partial charge is 0.360 e. The Labute approximate surface area is 110 Å². The van der Waals surface area contributed by atoms with Gasteiger partial charge in [-0.2, -0.15) is 5.10 Å². The molecule has 8 nitrogen and oxygen atoms in total. The van der Waals surface area contributed by atoms with E-state index in [9.17, 15) is 4.79 Å². The van der Waals surface area contributed by atoms with Crippen molar-refractivity contribution in [2.45, 2.75) is 19.9 Å². The zero-order chi connectivity index (χ0) is 13.8. The predicted octanol–water partition coefficient (Wildman–Crippen LogP) is 0.0132. The Morgan fingerprint density at radius 1 is 1.42 bits per heavy atom. The van der Waals surface area contributed by atoms with Crippen molar-refractivity contribution in [2.75, 3.05) is 12.3 Å². The molecule has 2 N–H and O–H groups in total. The molecule has 0 saturated carbocycles. The van der Waals surface area contributed by atoms with Crippen LogP contribution in [0.5, 0.6) is 0 Å². The third kappa shape index (κ3) is 2.90. The Kier molecular flexibility index (Phi) is 3.79. The molecular formula is C11H16N6O2. The average molecular weight is 264 g/mol. The van der Waals surface area contributed by atoms with Gasteiger partial charge in [0.2, 0.25) is 0 Å². The maximum absolute atomic E-state index is 11.6. The lowest BCUT2D eigenvalue weighted by molar-refractivity contribution is 0.0521. The van der Waals surface area contributed by atoms with Crippen molar-refractivity contribution in [3.05, 3.63) is 24.2 Å². The Bertz CT molecular complexity index is 574. The van der Waals surface area contributed by atoms with Gasteiger partial charge in [-0.15, -0.1) is 0 Å². The topological polar surface area (TPSA) is 101 Å². The van der Waals surface area contributed by atoms with Crippen molar-refractivity contribution < 1.29 is 9.53 Å². The number of nitrogens with zero attached hydrogens (tertiary/aromatic N) is 5. The summed E-state index contributed by atoms with van der Waals surface area (Å²) in [6.07, 6.45) is 3.77. The first-order valence-electron chi connectivity index (χ1n) is 5.94. The summed E-state index contributed by atoms with van der Waals surface area (Å²) < 4.78 is 8.18. The Hall–Kier alpha value is -2.38. The van der Waals surface area contributed by atoms with Crippen LogP contribution in [-0.4, -0.2) is 36.9 Å². The molecule has 19 heavy (non-hydrogen) atoms. The first-order valence-corrected chi connectivity index (χ1v) is 5.94. The molecule has 8 heteroatoms. The minimum Gasteiger partial charge on any atom is -0.461 e. The first-order chi connectivity index (χ1) is 9.11. The molecule has 2 aromatic heterocycles. The van der Waals surface area contributed by atoms with Gasteiger partial charge in [-0.1, -0.05) is 0 Å². The Morgan fingerprint density at radius 3 is 2.84 bits per heavy atom. The number of carbonyl (C=O) groups excluding carboxylic acids is 1. The lowest BCUT2D eigenvalue weighted by atomic mass is 10.4. The van der Waals surface area contributed by atoms with E-state index in [2.05, 4.69) is 15.1 Å². The number of esters is 1. The number of ether oxygens (including phenoxy) is 1. The van der Waals surface area contributed by atoms with E-state index in [-0.39, 0.29) is 5.69 Å². The summed E-state index contributed by atoms with van der Waals surface area (Å²) in [6.45, 7) is 2.59. The number of anilines is 1. The molecule has 0 atom stereocenters. The van der Waals surface area contributed by atoms with Crippen molar-refractivity contribution in [2.24, 2.45) is 7.05 Å². The molecule has 0 amide bonds. The van der Waals surface area contributed by atoms with Crippen LogP contribution in [0.4, 0.5) is 5.82 Å². The van der Waals surface area contributed by atoms with Gasteiger partial charge in [0.15, 0.2) is 11.5 Å². The Morgan fingerprint density at radius 2 is 2.21 bits per heavy atom. The summed E-state index contributed by atoms with van der Waals surface area (Å²) in [5, 5.41) is 4.17. The third-order valence-electron chi connectivity index (χ3n) is 2.57. The molecule has 0 radical (unpaired) electrons. The number of rotatable bonds is 5. The van der Waals surface area contributed by atoms with Gasteiger partial charge in [-0.05, 0) is 6.92 Å². The Balaban J connectivity index is 2.03. The van der Waals surface area contributed by atoms with E-state index in [1.54, 1.807) is 29.5 Å². The number of nitrogens with two attached hydrogens (primary N) is 1. The second-order valence-electron chi connectivity index (χ2n) is 3.98. The van der Waals surface area contributed by atoms with Crippen LogP contribution in [-0.2, 0) is 24.8 Å². The summed E-state index contributed by atoms with van der Waals surface area (Å²) in [5.41, 5.74) is 6.01. The predicted molar refractivity (Wildman–Crippen MR) is 67.3 cm³/mol. The SMILES string of the molecule is CCOC(=O)c1ncn(CCc2ncn(C)n2)c1N. The van der Waals surface area contributed by atoms with Crippen molar-refractivity contribution >= 4 is 11.8 Å². The van der Waals surface area contributed by atoms with Gasteiger partial charge >= 0.3 is 5.97 Å². The molecule has 0 aromatic carbocycles. The quantitative estimate of drug-likeness (QED) is 0.763. The maximum atomic E-state index is 11.6. The lowest BCUT2D eigenvalue weighted by Crippen LogP contribution is -2.11. The summed E-state index contributed by atoms with van der Waals surface area (Å²) >= 11 is 0. The number of aromatic nitrogens is 5. The van der Waals surface area contributed by atoms with Gasteiger partial charge in [0, 0.05) is 20.0 Å². The zero-order valence-electron chi connectivity index (χ0n) is 10.9. The number of hydrogen-bond donors (Lipinski definition) is 1. The summed E-state index contributed by atoms with van der Waals surface area (Å²) in [4.78, 5) is 19.6. The van der Waals surface area contributed by atoms with E-state index in [1.165, 1.54) is 6.33 Å². The second-order valence-corrected chi connectivity index (χ2v) is 3.98. The monoisotopic (exact) mass is 264 g/mol. The van der Waals surface area contributed by atoms with Crippen molar-refractivity contribution in [3.8, 4) is 0 Å². The highest BCUT2D eigenvalue weighted by Crippen LogP contribution is 2.12. The second kappa shape index (κ2) is 5.51. The molecule has 2 heterocycles. The highest BCUT2D eigenvalue weighted by Gasteiger charge is 2.16. The fourth-order valence-electron chi connectivity index (χ4n) is 1.65. The molecule has 0 aliphatic heterocycles. The molecule has 0 aliphatic rings. The van der Waals surface area contributed by atoms with E-state index in [1.807, 2.05) is 0 Å². The standard InChI is InChI=1S/C11H16N6O2/c1-3-19-11(18)9-10(12)17(7-14-9)5-4-8-13-6-16(2)15-8/h6-7H,3-5,12H2,1-2H3. The molecule has 0 fully saturated rings. The third-order valence-corrected chi connectivity index (χ3v) is 2.57. The maximum Gasteiger partial charge on any atom is 0.360 e. The van der Waals surface area contributed by atoms with Crippen molar-refractivity contribution in [1.82, 2.24) is 24.3 Å². The van der Waals surface area contributed by atoms with Gasteiger partial charge in [0.05, 0.1) is 12.9 Å². The van der Waals surface area contributed by atoms with Gasteiger partial charge in [0.25, 0.3) is 0 Å². The van der Waals surface area contributed by atoms with Crippen LogP contribution in [0, 0.1) is 0 Å². The molecule has 0 unspecified atom stereocenters. The van der Waals surface area contributed by atoms with Crippen LogP contribution in [0.2, 0.25) is 0 Å². The highest BCUT2D eigenvalue weighted by atomic mass is 16.5. The normalized spacial score (nSPS) is 10.6. The number of hydrogen-bond acceptors (Lipinski definition) is 6. The first kappa shape index (κ1) is 13.1. The minimum atomic E-state index is -0.505. The molecule has 2 aromatic rings. The van der Waals surface area contributed by atoms with E-state index in [0.29, 0.717) is 31.2 Å². The summed E-state index contributed by atoms with van der Waals surface area (Å²) in [7, 11) is 1.81. The van der Waals surface area contributed by atoms with Crippen LogP contribution in [0.25, 0.3) is 0 Å². The van der Waals surface area contributed by atoms with Crippen molar-refractivity contribution in [1.29, 1.82) is 0 Å². The fourth-order valence-corrected chi connectivity index (χ4v) is 1.65. The summed E-state index contributed by atoms with van der Waals surface area (Å²) in [5.74, 6) is 0.511. The molecule has 0 spiro atoms. The zero-order valence-corrected chi connectivity index (χ0v) is 10.9. The van der Waals surface area contributed by atoms with Crippen LogP contribution in [0.3, 0.4) is 0 Å². The highest BCUT2D eigenvalue weighted by molar-refractivity contribution is 5.92. The fraction of sp³-hybridized carbons (Fsp3) is 0.455. The number of nitrogen functional groups attached to an aromatic ring is 1. The van der Waals surface area contributed by atoms with E-state index in [4.69, 9.17) is 10.5 Å². The van der Waals surface area contributed by atoms with Gasteiger partial charge < -0.3 is 15.0 Å². The largest absolute Gasteiger partial charge is 0.461 e. The van der Waals surface area contributed by atoms with Gasteiger partial charge in [0.1, 0.15) is 12.1 Å². The van der Waals surface area contributed by atoms with Crippen LogP contribution < -0.4 is 5.73 Å². The average Bonchev–Trinajstić information content (AvgIpc) is 2.94. The number of aryl methyl sites for hydroxylation is 3. The minimum absolute atomic E-state index is 0.149. The molecule has 0 bridgehead atoms. The molecular weight excluding hydrogens is 248 g/mol. The van der Waals surface area contributed by atoms with Gasteiger partial charge in [-0.3, -0.25) is 4.68 Å². The number of carbonyl (C=O) groups is 1. The van der Waals surface area contributed by atoms with Crippen LogP contribution in [0.15, 0.2) is 12.7 Å². The lowest BCUT2D eigenvalue weighted by Gasteiger charge is -2.03. The molecule has 102 valence electrons. The van der Waals surface area contributed by atoms with E-state index >= 15 is 0 Å². The van der Waals surface area contributed by atoms with E-state index < -0.39 is 5.97 Å². The molecule has 0 saturated heterocycles. The van der Waals surface area contributed by atoms with Crippen LogP contribution in [0.1, 0.15) is 23.2 Å². The van der Waals surface area contributed by atoms with Crippen molar-refractivity contribution in [3.63, 3.8) is 0 Å². The summed E-state index contributed by atoms with van der Waals surface area (Å²) in [6, 6.07) is 0.